The number of hydrazine groups is 1. The molecule has 0 spiro atoms. The second-order valence-corrected chi connectivity index (χ2v) is 4.87. The van der Waals surface area contributed by atoms with Crippen molar-refractivity contribution in [2.45, 2.75) is 12.8 Å². The smallest absolute Gasteiger partial charge is 0.0511 e. The summed E-state index contributed by atoms with van der Waals surface area (Å²) in [5, 5.41) is 0. The van der Waals surface area contributed by atoms with E-state index < -0.39 is 0 Å². The molecule has 3 rings (SSSR count). The molecule has 1 aliphatic carbocycles. The van der Waals surface area contributed by atoms with Crippen molar-refractivity contribution >= 4 is 17.5 Å². The number of benzene rings is 1. The van der Waals surface area contributed by atoms with Crippen LogP contribution in [0.25, 0.3) is 5.57 Å². The van der Waals surface area contributed by atoms with Gasteiger partial charge < -0.3 is 0 Å². The molecule has 1 aromatic carbocycles. The third-order valence-corrected chi connectivity index (χ3v) is 3.88. The average molecular weight is 204 g/mol. The molecule has 0 aromatic heterocycles. The Balaban J connectivity index is 2.11. The molecule has 0 saturated heterocycles. The van der Waals surface area contributed by atoms with Crippen LogP contribution in [0.3, 0.4) is 0 Å². The van der Waals surface area contributed by atoms with Gasteiger partial charge in [0, 0.05) is 4.91 Å². The van der Waals surface area contributed by atoms with Crippen LogP contribution in [0.4, 0.5) is 0 Å². The summed E-state index contributed by atoms with van der Waals surface area (Å²) in [5.74, 6) is 5.81. The molecule has 0 amide bonds. The van der Waals surface area contributed by atoms with Crippen LogP contribution in [0.1, 0.15) is 17.5 Å². The fraction of sp³-hybridized carbons (Fsp3) is 0.273. The number of fused-ring (bicyclic) bond motifs is 2. The van der Waals surface area contributed by atoms with Crippen LogP contribution < -0.4 is 5.84 Å². The van der Waals surface area contributed by atoms with Crippen molar-refractivity contribution in [1.82, 2.24) is 4.41 Å². The van der Waals surface area contributed by atoms with E-state index >= 15 is 0 Å². The second-order valence-electron chi connectivity index (χ2n) is 3.73. The molecule has 0 radical (unpaired) electrons. The van der Waals surface area contributed by atoms with Crippen molar-refractivity contribution in [3.63, 3.8) is 0 Å². The zero-order valence-corrected chi connectivity index (χ0v) is 8.68. The summed E-state index contributed by atoms with van der Waals surface area (Å²) < 4.78 is 1.83. The van der Waals surface area contributed by atoms with E-state index in [4.69, 9.17) is 5.84 Å². The van der Waals surface area contributed by atoms with Crippen molar-refractivity contribution in [1.29, 1.82) is 0 Å². The van der Waals surface area contributed by atoms with Gasteiger partial charge in [0.2, 0.25) is 0 Å². The molecule has 2 N–H and O–H groups in total. The van der Waals surface area contributed by atoms with Gasteiger partial charge in [0.05, 0.1) is 6.54 Å². The first kappa shape index (κ1) is 8.53. The van der Waals surface area contributed by atoms with Crippen LogP contribution in [0.2, 0.25) is 0 Å². The van der Waals surface area contributed by atoms with E-state index in [1.807, 2.05) is 4.41 Å². The largest absolute Gasteiger partial charge is 0.258 e. The lowest BCUT2D eigenvalue weighted by Gasteiger charge is -2.16. The van der Waals surface area contributed by atoms with Crippen LogP contribution in [0.5, 0.6) is 0 Å². The fourth-order valence-electron chi connectivity index (χ4n) is 2.19. The maximum absolute atomic E-state index is 5.81. The van der Waals surface area contributed by atoms with E-state index in [9.17, 15) is 0 Å². The van der Waals surface area contributed by atoms with E-state index in [-0.39, 0.29) is 0 Å². The Morgan fingerprint density at radius 2 is 2.07 bits per heavy atom. The molecule has 1 aromatic rings. The lowest BCUT2D eigenvalue weighted by molar-refractivity contribution is 0.573. The summed E-state index contributed by atoms with van der Waals surface area (Å²) in [7, 11) is 0. The minimum Gasteiger partial charge on any atom is -0.258 e. The molecule has 1 aliphatic heterocycles. The zero-order valence-electron chi connectivity index (χ0n) is 7.86. The minimum atomic E-state index is 0.886. The molecule has 1 heterocycles. The molecule has 72 valence electrons. The first-order chi connectivity index (χ1) is 6.84. The average Bonchev–Trinajstić information content (AvgIpc) is 2.59. The first-order valence-corrected chi connectivity index (χ1v) is 5.62. The number of rotatable bonds is 0. The molecular formula is C11H12N2S. The predicted molar refractivity (Wildman–Crippen MR) is 60.2 cm³/mol. The number of hydrogen-bond acceptors (Lipinski definition) is 3. The van der Waals surface area contributed by atoms with Crippen molar-refractivity contribution in [3.05, 3.63) is 40.3 Å². The number of aryl methyl sites for hydroxylation is 1. The van der Waals surface area contributed by atoms with Gasteiger partial charge in [0.15, 0.2) is 0 Å². The topological polar surface area (TPSA) is 29.3 Å². The summed E-state index contributed by atoms with van der Waals surface area (Å²) in [4.78, 5) is 1.46. The van der Waals surface area contributed by atoms with E-state index in [2.05, 4.69) is 24.3 Å². The maximum atomic E-state index is 5.81. The summed E-state index contributed by atoms with van der Waals surface area (Å²) in [6.45, 7) is 0.886. The highest BCUT2D eigenvalue weighted by Crippen LogP contribution is 2.42. The monoisotopic (exact) mass is 204 g/mol. The van der Waals surface area contributed by atoms with Crippen LogP contribution in [0, 0.1) is 0 Å². The highest BCUT2D eigenvalue weighted by atomic mass is 32.2. The Kier molecular flexibility index (Phi) is 1.90. The van der Waals surface area contributed by atoms with E-state index in [0.29, 0.717) is 0 Å². The van der Waals surface area contributed by atoms with Crippen LogP contribution in [-0.4, -0.2) is 11.0 Å². The fourth-order valence-corrected chi connectivity index (χ4v) is 3.14. The summed E-state index contributed by atoms with van der Waals surface area (Å²) >= 11 is 1.70. The Labute approximate surface area is 87.9 Å². The van der Waals surface area contributed by atoms with Gasteiger partial charge in [0.25, 0.3) is 0 Å². The van der Waals surface area contributed by atoms with Crippen LogP contribution in [-0.2, 0) is 6.42 Å². The molecule has 0 bridgehead atoms. The maximum Gasteiger partial charge on any atom is 0.0511 e. The molecule has 2 nitrogen and oxygen atoms in total. The normalized spacial score (nSPS) is 20.9. The van der Waals surface area contributed by atoms with E-state index in [0.717, 1.165) is 19.4 Å². The summed E-state index contributed by atoms with van der Waals surface area (Å²) in [6.07, 6.45) is 2.32. The standard InChI is InChI=1S/C11H12N2S/c12-13-7-10-9-4-2-1-3-8(9)5-6-11(10)14-13/h1-4H,5-7,12H2. The second kappa shape index (κ2) is 3.12. The van der Waals surface area contributed by atoms with Crippen molar-refractivity contribution in [2.75, 3.05) is 6.54 Å². The van der Waals surface area contributed by atoms with Gasteiger partial charge in [-0.3, -0.25) is 5.84 Å². The molecule has 14 heavy (non-hydrogen) atoms. The molecule has 0 atom stereocenters. The third kappa shape index (κ3) is 1.21. The SMILES string of the molecule is NN1CC2=C(CCc3ccccc32)S1. The van der Waals surface area contributed by atoms with Crippen molar-refractivity contribution < 1.29 is 0 Å². The Morgan fingerprint density at radius 3 is 3.00 bits per heavy atom. The molecule has 3 heteroatoms. The molecular weight excluding hydrogens is 192 g/mol. The van der Waals surface area contributed by atoms with Crippen LogP contribution >= 0.6 is 11.9 Å². The van der Waals surface area contributed by atoms with Gasteiger partial charge in [-0.15, -0.1) is 0 Å². The van der Waals surface area contributed by atoms with Crippen molar-refractivity contribution in [3.8, 4) is 0 Å². The van der Waals surface area contributed by atoms with Gasteiger partial charge in [-0.1, -0.05) is 24.3 Å². The van der Waals surface area contributed by atoms with E-state index in [1.54, 1.807) is 11.9 Å². The quantitative estimate of drug-likeness (QED) is 0.519. The Hall–Kier alpha value is -0.770. The molecule has 0 unspecified atom stereocenters. The number of allylic oxidation sites excluding steroid dienone is 1. The van der Waals surface area contributed by atoms with Gasteiger partial charge in [-0.05, 0) is 41.5 Å². The highest BCUT2D eigenvalue weighted by Gasteiger charge is 2.26. The van der Waals surface area contributed by atoms with Gasteiger partial charge >= 0.3 is 0 Å². The predicted octanol–water partition coefficient (Wildman–Crippen LogP) is 2.18. The van der Waals surface area contributed by atoms with Gasteiger partial charge in [-0.2, -0.15) is 4.41 Å². The summed E-state index contributed by atoms with van der Waals surface area (Å²) in [5.41, 5.74) is 4.33. The van der Waals surface area contributed by atoms with E-state index in [1.165, 1.54) is 21.6 Å². The molecule has 2 aliphatic rings. The van der Waals surface area contributed by atoms with Crippen LogP contribution in [0.15, 0.2) is 29.2 Å². The number of nitrogens with zero attached hydrogens (tertiary/aromatic N) is 1. The minimum absolute atomic E-state index is 0.886. The van der Waals surface area contributed by atoms with Gasteiger partial charge in [-0.25, -0.2) is 0 Å². The van der Waals surface area contributed by atoms with Gasteiger partial charge in [0.1, 0.15) is 0 Å². The zero-order chi connectivity index (χ0) is 9.54. The molecule has 0 fully saturated rings. The first-order valence-electron chi connectivity index (χ1n) is 4.85. The molecule has 0 saturated carbocycles. The number of nitrogens with two attached hydrogens (primary N) is 1. The summed E-state index contributed by atoms with van der Waals surface area (Å²) in [6, 6.07) is 8.66. The Bertz CT molecular complexity index is 412. The van der Waals surface area contributed by atoms with Crippen molar-refractivity contribution in [2.24, 2.45) is 5.84 Å². The number of hydrogen-bond donors (Lipinski definition) is 1. The Morgan fingerprint density at radius 1 is 1.21 bits per heavy atom. The third-order valence-electron chi connectivity index (χ3n) is 2.84. The lowest BCUT2D eigenvalue weighted by Crippen LogP contribution is -2.20. The lowest BCUT2D eigenvalue weighted by atomic mass is 9.91. The highest BCUT2D eigenvalue weighted by molar-refractivity contribution is 8.01.